The Labute approximate surface area is 189 Å². The van der Waals surface area contributed by atoms with Crippen LogP contribution in [0.5, 0.6) is 5.75 Å². The normalized spacial score (nSPS) is 18.3. The van der Waals surface area contributed by atoms with E-state index < -0.39 is 9.84 Å². The molecule has 0 radical (unpaired) electrons. The lowest BCUT2D eigenvalue weighted by atomic mass is 9.78. The van der Waals surface area contributed by atoms with E-state index in [1.165, 1.54) is 11.8 Å². The van der Waals surface area contributed by atoms with E-state index in [-0.39, 0.29) is 22.8 Å². The minimum Gasteiger partial charge on any atom is -0.497 e. The number of hydrogen-bond donors (Lipinski definition) is 0. The number of hydrogen-bond acceptors (Lipinski definition) is 4. The average Bonchev–Trinajstić information content (AvgIpc) is 2.80. The molecule has 1 aliphatic rings. The molecule has 32 heavy (non-hydrogen) atoms. The van der Waals surface area contributed by atoms with E-state index in [1.54, 1.807) is 36.3 Å². The van der Waals surface area contributed by atoms with E-state index in [1.807, 2.05) is 42.5 Å². The lowest BCUT2D eigenvalue weighted by Gasteiger charge is -2.47. The molecule has 166 valence electrons. The highest BCUT2D eigenvalue weighted by Crippen LogP contribution is 2.46. The molecule has 1 heterocycles. The zero-order valence-corrected chi connectivity index (χ0v) is 19.1. The predicted molar refractivity (Wildman–Crippen MR) is 126 cm³/mol. The van der Waals surface area contributed by atoms with Crippen LogP contribution < -0.4 is 9.64 Å². The minimum atomic E-state index is -3.29. The van der Waals surface area contributed by atoms with Gasteiger partial charge in [0.25, 0.3) is 0 Å². The van der Waals surface area contributed by atoms with Crippen molar-refractivity contribution in [1.82, 2.24) is 0 Å². The van der Waals surface area contributed by atoms with Crippen molar-refractivity contribution in [3.63, 3.8) is 0 Å². The van der Waals surface area contributed by atoms with Gasteiger partial charge in [-0.1, -0.05) is 42.5 Å². The van der Waals surface area contributed by atoms with E-state index in [4.69, 9.17) is 4.74 Å². The molecular weight excluding hydrogens is 422 g/mol. The highest BCUT2D eigenvalue weighted by atomic mass is 32.2. The van der Waals surface area contributed by atoms with Crippen molar-refractivity contribution in [2.45, 2.75) is 30.2 Å². The second-order valence-corrected chi connectivity index (χ2v) is 10.2. The number of methoxy groups -OCH3 is 1. The van der Waals surface area contributed by atoms with Gasteiger partial charge in [-0.15, -0.1) is 0 Å². The molecule has 5 nitrogen and oxygen atoms in total. The van der Waals surface area contributed by atoms with E-state index in [2.05, 4.69) is 12.1 Å². The zero-order valence-electron chi connectivity index (χ0n) is 18.3. The molecule has 3 aromatic carbocycles. The van der Waals surface area contributed by atoms with Gasteiger partial charge in [0.05, 0.1) is 24.0 Å². The van der Waals surface area contributed by atoms with Crippen LogP contribution in [0.25, 0.3) is 0 Å². The van der Waals surface area contributed by atoms with Crippen LogP contribution in [-0.2, 0) is 21.1 Å². The molecule has 1 amide bonds. The molecule has 6 heteroatoms. The molecular formula is C26H27NO4S. The summed E-state index contributed by atoms with van der Waals surface area (Å²) in [7, 11) is -1.66. The summed E-state index contributed by atoms with van der Waals surface area (Å²) in [5.74, 6) is 0.733. The molecule has 0 unspecified atom stereocenters. The summed E-state index contributed by atoms with van der Waals surface area (Å²) < 4.78 is 28.9. The standard InChI is InChI=1S/C26H27NO4S/c1-31-22-15-11-20(12-16-22)25-24(10-6-9-19-7-4-3-5-8-19)26(28)27(25)21-13-17-23(18-14-21)32(2,29)30/h3-5,7-8,11-18,24-25H,6,9-10H2,1-2H3/t24-,25-/m1/s1. The molecule has 0 spiro atoms. The van der Waals surface area contributed by atoms with Gasteiger partial charge < -0.3 is 9.64 Å². The van der Waals surface area contributed by atoms with E-state index in [0.29, 0.717) is 5.69 Å². The molecule has 0 aromatic heterocycles. The molecule has 3 aromatic rings. The van der Waals surface area contributed by atoms with Crippen LogP contribution in [0.2, 0.25) is 0 Å². The number of aryl methyl sites for hydroxylation is 1. The maximum absolute atomic E-state index is 13.2. The summed E-state index contributed by atoms with van der Waals surface area (Å²) in [6.45, 7) is 0. The number of carbonyl (C=O) groups excluding carboxylic acids is 1. The molecule has 0 bridgehead atoms. The highest BCUT2D eigenvalue weighted by Gasteiger charge is 2.48. The summed E-state index contributed by atoms with van der Waals surface area (Å²) in [6, 6.07) is 24.6. The Kier molecular flexibility index (Phi) is 6.33. The first-order chi connectivity index (χ1) is 15.4. The molecule has 0 saturated carbocycles. The summed E-state index contributed by atoms with van der Waals surface area (Å²) in [4.78, 5) is 15.2. The number of benzene rings is 3. The topological polar surface area (TPSA) is 63.7 Å². The van der Waals surface area contributed by atoms with Crippen LogP contribution in [0.1, 0.15) is 30.0 Å². The van der Waals surface area contributed by atoms with Gasteiger partial charge in [-0.3, -0.25) is 4.79 Å². The summed E-state index contributed by atoms with van der Waals surface area (Å²) >= 11 is 0. The first-order valence-electron chi connectivity index (χ1n) is 10.7. The van der Waals surface area contributed by atoms with Crippen molar-refractivity contribution >= 4 is 21.4 Å². The van der Waals surface area contributed by atoms with Crippen molar-refractivity contribution in [3.05, 3.63) is 90.0 Å². The summed E-state index contributed by atoms with van der Waals surface area (Å²) in [6.07, 6.45) is 3.83. The van der Waals surface area contributed by atoms with E-state index in [0.717, 1.165) is 30.6 Å². The quantitative estimate of drug-likeness (QED) is 0.462. The summed E-state index contributed by atoms with van der Waals surface area (Å²) in [5, 5.41) is 0. The number of ether oxygens (including phenoxy) is 1. The Bertz CT molecular complexity index is 1170. The first-order valence-corrected chi connectivity index (χ1v) is 12.6. The van der Waals surface area contributed by atoms with Crippen molar-refractivity contribution in [2.75, 3.05) is 18.3 Å². The van der Waals surface area contributed by atoms with Crippen molar-refractivity contribution in [2.24, 2.45) is 5.92 Å². The third-order valence-corrected chi connectivity index (χ3v) is 7.17. The Morgan fingerprint density at radius 1 is 0.906 bits per heavy atom. The Morgan fingerprint density at radius 3 is 2.16 bits per heavy atom. The van der Waals surface area contributed by atoms with Crippen LogP contribution in [0.4, 0.5) is 5.69 Å². The Hall–Kier alpha value is -3.12. The maximum atomic E-state index is 13.2. The van der Waals surface area contributed by atoms with Crippen molar-refractivity contribution in [1.29, 1.82) is 0 Å². The average molecular weight is 450 g/mol. The minimum absolute atomic E-state index is 0.0750. The molecule has 1 aliphatic heterocycles. The number of anilines is 1. The molecule has 0 N–H and O–H groups in total. The molecule has 1 fully saturated rings. The van der Waals surface area contributed by atoms with Crippen molar-refractivity contribution < 1.29 is 17.9 Å². The van der Waals surface area contributed by atoms with Crippen LogP contribution in [0.15, 0.2) is 83.8 Å². The fraction of sp³-hybridized carbons (Fsp3) is 0.269. The monoisotopic (exact) mass is 449 g/mol. The number of nitrogens with zero attached hydrogens (tertiary/aromatic N) is 1. The maximum Gasteiger partial charge on any atom is 0.233 e. The van der Waals surface area contributed by atoms with Crippen LogP contribution in [-0.4, -0.2) is 27.7 Å². The van der Waals surface area contributed by atoms with Crippen LogP contribution >= 0.6 is 0 Å². The number of carbonyl (C=O) groups is 1. The second kappa shape index (κ2) is 9.17. The zero-order chi connectivity index (χ0) is 22.7. The van der Waals surface area contributed by atoms with E-state index in [9.17, 15) is 13.2 Å². The van der Waals surface area contributed by atoms with Gasteiger partial charge in [0.1, 0.15) is 5.75 Å². The molecule has 4 rings (SSSR count). The fourth-order valence-corrected chi connectivity index (χ4v) is 4.96. The van der Waals surface area contributed by atoms with E-state index >= 15 is 0 Å². The molecule has 2 atom stereocenters. The third-order valence-electron chi connectivity index (χ3n) is 6.04. The number of amides is 1. The predicted octanol–water partition coefficient (Wildman–Crippen LogP) is 4.83. The fourth-order valence-electron chi connectivity index (χ4n) is 4.32. The Morgan fingerprint density at radius 2 is 1.56 bits per heavy atom. The number of rotatable bonds is 8. The first kappa shape index (κ1) is 22.1. The van der Waals surface area contributed by atoms with Gasteiger partial charge in [0.15, 0.2) is 9.84 Å². The van der Waals surface area contributed by atoms with Gasteiger partial charge >= 0.3 is 0 Å². The summed E-state index contributed by atoms with van der Waals surface area (Å²) in [5.41, 5.74) is 3.03. The van der Waals surface area contributed by atoms with Gasteiger partial charge in [0.2, 0.25) is 5.91 Å². The molecule has 0 aliphatic carbocycles. The lowest BCUT2D eigenvalue weighted by molar-refractivity contribution is -0.130. The Balaban J connectivity index is 1.57. The van der Waals surface area contributed by atoms with Crippen molar-refractivity contribution in [3.8, 4) is 5.75 Å². The number of β-lactam (4-membered cyclic amide) rings is 1. The third kappa shape index (κ3) is 4.55. The SMILES string of the molecule is COc1ccc([C@@H]2[C@@H](CCCc3ccccc3)C(=O)N2c2ccc(S(C)(=O)=O)cc2)cc1. The lowest BCUT2D eigenvalue weighted by Crippen LogP contribution is -2.55. The second-order valence-electron chi connectivity index (χ2n) is 8.18. The van der Waals surface area contributed by atoms with Gasteiger partial charge in [-0.25, -0.2) is 8.42 Å². The van der Waals surface area contributed by atoms with Crippen LogP contribution in [0, 0.1) is 5.92 Å². The van der Waals surface area contributed by atoms with Gasteiger partial charge in [-0.2, -0.15) is 0 Å². The molecule has 1 saturated heterocycles. The largest absolute Gasteiger partial charge is 0.497 e. The van der Waals surface area contributed by atoms with Gasteiger partial charge in [-0.05, 0) is 66.8 Å². The smallest absolute Gasteiger partial charge is 0.233 e. The highest BCUT2D eigenvalue weighted by molar-refractivity contribution is 7.90. The van der Waals surface area contributed by atoms with Crippen LogP contribution in [0.3, 0.4) is 0 Å². The van der Waals surface area contributed by atoms with Gasteiger partial charge in [0, 0.05) is 11.9 Å². The number of sulfone groups is 1.